The van der Waals surface area contributed by atoms with Gasteiger partial charge in [0.2, 0.25) is 0 Å². The van der Waals surface area contributed by atoms with Gasteiger partial charge in [0, 0.05) is 22.5 Å². The molecule has 6 nitrogen and oxygen atoms in total. The Balaban J connectivity index is 1.68. The van der Waals surface area contributed by atoms with Crippen molar-refractivity contribution in [3.8, 4) is 17.6 Å². The van der Waals surface area contributed by atoms with Gasteiger partial charge in [0.1, 0.15) is 11.6 Å². The van der Waals surface area contributed by atoms with Crippen molar-refractivity contribution in [2.75, 3.05) is 19.0 Å². The highest BCUT2D eigenvalue weighted by Crippen LogP contribution is 2.29. The number of hydrogen-bond donors (Lipinski definition) is 1. The lowest BCUT2D eigenvalue weighted by molar-refractivity contribution is -0.112. The van der Waals surface area contributed by atoms with E-state index in [9.17, 15) is 10.1 Å². The van der Waals surface area contributed by atoms with Crippen LogP contribution in [0.5, 0.6) is 11.5 Å². The highest BCUT2D eigenvalue weighted by molar-refractivity contribution is 7.15. The number of carbonyl (C=O) groups is 1. The third kappa shape index (κ3) is 7.07. The van der Waals surface area contributed by atoms with Crippen molar-refractivity contribution in [1.82, 2.24) is 4.98 Å². The zero-order chi connectivity index (χ0) is 23.6. The molecule has 0 aliphatic rings. The predicted molar refractivity (Wildman–Crippen MR) is 132 cm³/mol. The van der Waals surface area contributed by atoms with E-state index in [1.807, 2.05) is 30.3 Å². The number of nitrogens with zero attached hydrogens (tertiary/aromatic N) is 2. The number of nitriles is 1. The van der Waals surface area contributed by atoms with Gasteiger partial charge in [-0.1, -0.05) is 43.1 Å². The molecule has 0 saturated carbocycles. The summed E-state index contributed by atoms with van der Waals surface area (Å²) in [5.74, 6) is 0.651. The third-order valence-electron chi connectivity index (χ3n) is 4.68. The minimum Gasteiger partial charge on any atom is -0.493 e. The molecule has 0 radical (unpaired) electrons. The number of anilines is 1. The van der Waals surface area contributed by atoms with E-state index < -0.39 is 5.91 Å². The summed E-state index contributed by atoms with van der Waals surface area (Å²) in [6.45, 7) is 2.69. The molecule has 0 bridgehead atoms. The number of methoxy groups -OCH3 is 1. The first-order valence-electron chi connectivity index (χ1n) is 10.5. The Bertz CT molecular complexity index is 1170. The van der Waals surface area contributed by atoms with Crippen LogP contribution in [0.3, 0.4) is 0 Å². The summed E-state index contributed by atoms with van der Waals surface area (Å²) in [4.78, 5) is 17.9. The Morgan fingerprint density at radius 2 is 2.03 bits per heavy atom. The van der Waals surface area contributed by atoms with Crippen LogP contribution in [-0.4, -0.2) is 24.6 Å². The van der Waals surface area contributed by atoms with Gasteiger partial charge < -0.3 is 9.47 Å². The van der Waals surface area contributed by atoms with E-state index in [0.717, 1.165) is 23.3 Å². The number of benzene rings is 2. The number of thiazole rings is 1. The summed E-state index contributed by atoms with van der Waals surface area (Å²) in [6.07, 6.45) is 5.88. The standard InChI is InChI=1S/C25H24ClN3O3S/c1-3-4-11-32-22-10-7-18(14-23(22)31-2)12-19(15-27)24(30)29-25-28-16-21(33-25)13-17-5-8-20(26)9-6-17/h5-10,12,14,16H,3-4,11,13H2,1-2H3,(H,28,29,30)/b19-12+. The van der Waals surface area contributed by atoms with Crippen molar-refractivity contribution in [1.29, 1.82) is 5.26 Å². The van der Waals surface area contributed by atoms with Crippen LogP contribution in [-0.2, 0) is 11.2 Å². The molecular formula is C25H24ClN3O3S. The normalized spacial score (nSPS) is 11.0. The van der Waals surface area contributed by atoms with Gasteiger partial charge in [0.05, 0.1) is 13.7 Å². The number of unbranched alkanes of at least 4 members (excludes halogenated alkanes) is 1. The summed E-state index contributed by atoms with van der Waals surface area (Å²) in [5.41, 5.74) is 1.71. The molecule has 3 aromatic rings. The Labute approximate surface area is 202 Å². The van der Waals surface area contributed by atoms with Crippen LogP contribution in [0.25, 0.3) is 6.08 Å². The van der Waals surface area contributed by atoms with Gasteiger partial charge in [-0.3, -0.25) is 10.1 Å². The largest absolute Gasteiger partial charge is 0.493 e. The van der Waals surface area contributed by atoms with E-state index in [4.69, 9.17) is 21.1 Å². The molecule has 0 aliphatic carbocycles. The van der Waals surface area contributed by atoms with Crippen LogP contribution < -0.4 is 14.8 Å². The summed E-state index contributed by atoms with van der Waals surface area (Å²) in [5, 5.41) is 13.3. The van der Waals surface area contributed by atoms with Gasteiger partial charge in [0.25, 0.3) is 5.91 Å². The molecule has 0 unspecified atom stereocenters. The first-order chi connectivity index (χ1) is 16.0. The molecule has 33 heavy (non-hydrogen) atoms. The molecule has 1 heterocycles. The van der Waals surface area contributed by atoms with Crippen LogP contribution in [0.15, 0.2) is 54.2 Å². The van der Waals surface area contributed by atoms with E-state index in [1.165, 1.54) is 17.4 Å². The zero-order valence-electron chi connectivity index (χ0n) is 18.4. The average molecular weight is 482 g/mol. The summed E-state index contributed by atoms with van der Waals surface area (Å²) >= 11 is 7.29. The van der Waals surface area contributed by atoms with Gasteiger partial charge in [-0.15, -0.1) is 11.3 Å². The van der Waals surface area contributed by atoms with E-state index in [2.05, 4.69) is 17.2 Å². The van der Waals surface area contributed by atoms with Crippen LogP contribution >= 0.6 is 22.9 Å². The molecule has 0 fully saturated rings. The smallest absolute Gasteiger partial charge is 0.268 e. The fourth-order valence-electron chi connectivity index (χ4n) is 2.95. The highest BCUT2D eigenvalue weighted by atomic mass is 35.5. The number of hydrogen-bond acceptors (Lipinski definition) is 6. The molecule has 170 valence electrons. The summed E-state index contributed by atoms with van der Waals surface area (Å²) < 4.78 is 11.1. The van der Waals surface area contributed by atoms with E-state index in [-0.39, 0.29) is 5.57 Å². The molecule has 1 amide bonds. The first-order valence-corrected chi connectivity index (χ1v) is 11.6. The van der Waals surface area contributed by atoms with Crippen molar-refractivity contribution in [3.05, 3.63) is 75.3 Å². The van der Waals surface area contributed by atoms with Crippen molar-refractivity contribution < 1.29 is 14.3 Å². The van der Waals surface area contributed by atoms with Crippen molar-refractivity contribution in [3.63, 3.8) is 0 Å². The van der Waals surface area contributed by atoms with Gasteiger partial charge >= 0.3 is 0 Å². The second kappa shape index (κ2) is 12.0. The number of ether oxygens (including phenoxy) is 2. The van der Waals surface area contributed by atoms with E-state index in [1.54, 1.807) is 31.5 Å². The Morgan fingerprint density at radius 3 is 2.73 bits per heavy atom. The fourth-order valence-corrected chi connectivity index (χ4v) is 3.92. The molecule has 0 spiro atoms. The molecule has 8 heteroatoms. The number of amides is 1. The second-order valence-corrected chi connectivity index (χ2v) is 8.72. The van der Waals surface area contributed by atoms with E-state index >= 15 is 0 Å². The van der Waals surface area contributed by atoms with Gasteiger partial charge in [-0.2, -0.15) is 5.26 Å². The van der Waals surface area contributed by atoms with Gasteiger partial charge in [0.15, 0.2) is 16.6 Å². The Hall–Kier alpha value is -3.34. The summed E-state index contributed by atoms with van der Waals surface area (Å²) in [6, 6.07) is 14.8. The monoisotopic (exact) mass is 481 g/mol. The topological polar surface area (TPSA) is 84.2 Å². The molecule has 1 N–H and O–H groups in total. The lowest BCUT2D eigenvalue weighted by atomic mass is 10.1. The number of rotatable bonds is 10. The Kier molecular flexibility index (Phi) is 8.87. The number of halogens is 1. The second-order valence-electron chi connectivity index (χ2n) is 7.17. The molecule has 3 rings (SSSR count). The highest BCUT2D eigenvalue weighted by Gasteiger charge is 2.13. The van der Waals surface area contributed by atoms with Crippen molar-refractivity contribution in [2.45, 2.75) is 26.2 Å². The number of aromatic nitrogens is 1. The third-order valence-corrected chi connectivity index (χ3v) is 5.85. The van der Waals surface area contributed by atoms with Crippen LogP contribution in [0.4, 0.5) is 5.13 Å². The van der Waals surface area contributed by atoms with Crippen LogP contribution in [0.1, 0.15) is 35.8 Å². The van der Waals surface area contributed by atoms with Crippen LogP contribution in [0, 0.1) is 11.3 Å². The quantitative estimate of drug-likeness (QED) is 0.214. The maximum atomic E-state index is 12.6. The molecule has 0 aliphatic heterocycles. The van der Waals surface area contributed by atoms with Crippen molar-refractivity contribution in [2.24, 2.45) is 0 Å². The maximum absolute atomic E-state index is 12.6. The minimum absolute atomic E-state index is 0.0360. The molecule has 2 aromatic carbocycles. The Morgan fingerprint density at radius 1 is 1.24 bits per heavy atom. The summed E-state index contributed by atoms with van der Waals surface area (Å²) in [7, 11) is 1.55. The predicted octanol–water partition coefficient (Wildman–Crippen LogP) is 6.12. The van der Waals surface area contributed by atoms with Gasteiger partial charge in [-0.25, -0.2) is 4.98 Å². The SMILES string of the molecule is CCCCOc1ccc(/C=C(\C#N)C(=O)Nc2ncc(Cc3ccc(Cl)cc3)s2)cc1OC. The van der Waals surface area contributed by atoms with Gasteiger partial charge in [-0.05, 0) is 47.9 Å². The average Bonchev–Trinajstić information content (AvgIpc) is 3.26. The lowest BCUT2D eigenvalue weighted by Gasteiger charge is -2.11. The lowest BCUT2D eigenvalue weighted by Crippen LogP contribution is -2.13. The molecule has 0 saturated heterocycles. The number of carbonyl (C=O) groups excluding carboxylic acids is 1. The van der Waals surface area contributed by atoms with Crippen molar-refractivity contribution >= 4 is 40.1 Å². The molecule has 0 atom stereocenters. The minimum atomic E-state index is -0.521. The molecular weight excluding hydrogens is 458 g/mol. The first kappa shape index (κ1) is 24.3. The van der Waals surface area contributed by atoms with E-state index in [0.29, 0.717) is 40.2 Å². The van der Waals surface area contributed by atoms with Crippen LogP contribution in [0.2, 0.25) is 5.02 Å². The fraction of sp³-hybridized carbons (Fsp3) is 0.240. The number of nitrogens with one attached hydrogen (secondary N) is 1. The zero-order valence-corrected chi connectivity index (χ0v) is 20.0. The molecule has 1 aromatic heterocycles. The maximum Gasteiger partial charge on any atom is 0.268 e.